The molecule has 0 amide bonds. The van der Waals surface area contributed by atoms with E-state index in [1.54, 1.807) is 0 Å². The number of aliphatic hydroxyl groups excluding tert-OH is 1. The Bertz CT molecular complexity index is 334. The van der Waals surface area contributed by atoms with Crippen LogP contribution in [0.2, 0.25) is 0 Å². The maximum absolute atomic E-state index is 9.74. The van der Waals surface area contributed by atoms with Gasteiger partial charge in [0.25, 0.3) is 0 Å². The second-order valence-electron chi connectivity index (χ2n) is 5.12. The Balaban J connectivity index is 2.81. The average molecular weight is 251 g/mol. The standard InChI is InChI=1S/C15H25NO2/c1-12(2)13(3)18-11-15(10-17,16-4)14-8-6-5-7-9-14/h5-9,12-13,16-17H,10-11H2,1-4H3. The summed E-state index contributed by atoms with van der Waals surface area (Å²) in [6.07, 6.45) is 0.174. The zero-order valence-corrected chi connectivity index (χ0v) is 11.8. The minimum atomic E-state index is -0.523. The summed E-state index contributed by atoms with van der Waals surface area (Å²) >= 11 is 0. The highest BCUT2D eigenvalue weighted by molar-refractivity contribution is 5.24. The third-order valence-corrected chi connectivity index (χ3v) is 3.61. The molecule has 2 atom stereocenters. The number of hydrogen-bond donors (Lipinski definition) is 2. The summed E-state index contributed by atoms with van der Waals surface area (Å²) in [4.78, 5) is 0. The molecular formula is C15H25NO2. The molecule has 1 aromatic carbocycles. The molecular weight excluding hydrogens is 226 g/mol. The molecule has 102 valence electrons. The molecule has 0 radical (unpaired) electrons. The van der Waals surface area contributed by atoms with E-state index >= 15 is 0 Å². The first kappa shape index (κ1) is 15.2. The van der Waals surface area contributed by atoms with Gasteiger partial charge in [0, 0.05) is 0 Å². The highest BCUT2D eigenvalue weighted by Crippen LogP contribution is 2.22. The Labute approximate surface area is 110 Å². The fourth-order valence-electron chi connectivity index (χ4n) is 1.74. The van der Waals surface area contributed by atoms with Crippen LogP contribution in [0.5, 0.6) is 0 Å². The van der Waals surface area contributed by atoms with Crippen molar-refractivity contribution in [1.29, 1.82) is 0 Å². The van der Waals surface area contributed by atoms with Crippen molar-refractivity contribution in [2.24, 2.45) is 5.92 Å². The SMILES string of the molecule is CNC(CO)(COC(C)C(C)C)c1ccccc1. The van der Waals surface area contributed by atoms with Crippen LogP contribution >= 0.6 is 0 Å². The number of nitrogens with one attached hydrogen (secondary N) is 1. The zero-order chi connectivity index (χ0) is 13.6. The van der Waals surface area contributed by atoms with Crippen molar-refractivity contribution in [3.63, 3.8) is 0 Å². The van der Waals surface area contributed by atoms with E-state index in [0.717, 1.165) is 5.56 Å². The van der Waals surface area contributed by atoms with Crippen molar-refractivity contribution in [2.45, 2.75) is 32.4 Å². The molecule has 0 aromatic heterocycles. The van der Waals surface area contributed by atoms with Crippen molar-refractivity contribution in [3.05, 3.63) is 35.9 Å². The van der Waals surface area contributed by atoms with Gasteiger partial charge in [0.1, 0.15) is 0 Å². The van der Waals surface area contributed by atoms with E-state index in [0.29, 0.717) is 12.5 Å². The lowest BCUT2D eigenvalue weighted by atomic mass is 9.91. The molecule has 0 aliphatic heterocycles. The van der Waals surface area contributed by atoms with Gasteiger partial charge in [-0.15, -0.1) is 0 Å². The Morgan fingerprint density at radius 2 is 1.83 bits per heavy atom. The van der Waals surface area contributed by atoms with E-state index in [1.807, 2.05) is 37.4 Å². The molecule has 0 saturated heterocycles. The molecule has 0 aliphatic rings. The smallest absolute Gasteiger partial charge is 0.0903 e. The van der Waals surface area contributed by atoms with Crippen LogP contribution in [-0.4, -0.2) is 31.5 Å². The summed E-state index contributed by atoms with van der Waals surface area (Å²) in [7, 11) is 1.85. The number of hydrogen-bond acceptors (Lipinski definition) is 3. The Kier molecular flexibility index (Phi) is 5.79. The maximum Gasteiger partial charge on any atom is 0.0903 e. The van der Waals surface area contributed by atoms with Gasteiger partial charge in [-0.1, -0.05) is 44.2 Å². The van der Waals surface area contributed by atoms with Gasteiger partial charge in [-0.3, -0.25) is 0 Å². The topological polar surface area (TPSA) is 41.5 Å². The Morgan fingerprint density at radius 1 is 1.22 bits per heavy atom. The molecule has 3 nitrogen and oxygen atoms in total. The lowest BCUT2D eigenvalue weighted by molar-refractivity contribution is -0.0201. The van der Waals surface area contributed by atoms with Gasteiger partial charge in [-0.05, 0) is 25.5 Å². The number of likely N-dealkylation sites (N-methyl/N-ethyl adjacent to an activating group) is 1. The van der Waals surface area contributed by atoms with E-state index in [2.05, 4.69) is 26.1 Å². The molecule has 1 rings (SSSR count). The first-order valence-corrected chi connectivity index (χ1v) is 6.52. The van der Waals surface area contributed by atoms with Gasteiger partial charge in [0.05, 0.1) is 24.9 Å². The second kappa shape index (κ2) is 6.88. The van der Waals surface area contributed by atoms with E-state index in [1.165, 1.54) is 0 Å². The minimum absolute atomic E-state index is 0.0122. The molecule has 0 spiro atoms. The highest BCUT2D eigenvalue weighted by Gasteiger charge is 2.30. The first-order chi connectivity index (χ1) is 8.55. The fourth-order valence-corrected chi connectivity index (χ4v) is 1.74. The van der Waals surface area contributed by atoms with Crippen molar-refractivity contribution >= 4 is 0 Å². The van der Waals surface area contributed by atoms with Gasteiger partial charge in [0.15, 0.2) is 0 Å². The van der Waals surface area contributed by atoms with E-state index in [4.69, 9.17) is 4.74 Å². The third kappa shape index (κ3) is 3.55. The summed E-state index contributed by atoms with van der Waals surface area (Å²) in [6.45, 7) is 6.80. The fraction of sp³-hybridized carbons (Fsp3) is 0.600. The molecule has 0 bridgehead atoms. The van der Waals surface area contributed by atoms with Gasteiger partial charge in [-0.25, -0.2) is 0 Å². The summed E-state index contributed by atoms with van der Waals surface area (Å²) in [5, 5.41) is 12.9. The van der Waals surface area contributed by atoms with Gasteiger partial charge in [0.2, 0.25) is 0 Å². The second-order valence-corrected chi connectivity index (χ2v) is 5.12. The summed E-state index contributed by atoms with van der Waals surface area (Å²) in [5.74, 6) is 0.467. The number of aliphatic hydroxyl groups is 1. The highest BCUT2D eigenvalue weighted by atomic mass is 16.5. The van der Waals surface area contributed by atoms with E-state index in [9.17, 15) is 5.11 Å². The quantitative estimate of drug-likeness (QED) is 0.780. The zero-order valence-electron chi connectivity index (χ0n) is 11.8. The first-order valence-electron chi connectivity index (χ1n) is 6.52. The van der Waals surface area contributed by atoms with Crippen molar-refractivity contribution < 1.29 is 9.84 Å². The van der Waals surface area contributed by atoms with Crippen LogP contribution in [0.25, 0.3) is 0 Å². The summed E-state index contributed by atoms with van der Waals surface area (Å²) in [5.41, 5.74) is 0.524. The predicted molar refractivity (Wildman–Crippen MR) is 74.5 cm³/mol. The van der Waals surface area contributed by atoms with Crippen LogP contribution in [-0.2, 0) is 10.3 Å². The summed E-state index contributed by atoms with van der Waals surface area (Å²) in [6, 6.07) is 9.94. The van der Waals surface area contributed by atoms with Crippen LogP contribution in [0.3, 0.4) is 0 Å². The van der Waals surface area contributed by atoms with Crippen molar-refractivity contribution in [1.82, 2.24) is 5.32 Å². The lowest BCUT2D eigenvalue weighted by Crippen LogP contribution is -2.48. The van der Waals surface area contributed by atoms with Crippen LogP contribution in [0, 0.1) is 5.92 Å². The van der Waals surface area contributed by atoms with Gasteiger partial charge < -0.3 is 15.2 Å². The average Bonchev–Trinajstić information content (AvgIpc) is 2.41. The summed E-state index contributed by atoms with van der Waals surface area (Å²) < 4.78 is 5.88. The monoisotopic (exact) mass is 251 g/mol. The van der Waals surface area contributed by atoms with Crippen LogP contribution < -0.4 is 5.32 Å². The van der Waals surface area contributed by atoms with Gasteiger partial charge in [-0.2, -0.15) is 0 Å². The van der Waals surface area contributed by atoms with Crippen molar-refractivity contribution in [2.75, 3.05) is 20.3 Å². The van der Waals surface area contributed by atoms with Crippen LogP contribution in [0.4, 0.5) is 0 Å². The number of ether oxygens (including phenoxy) is 1. The van der Waals surface area contributed by atoms with Gasteiger partial charge >= 0.3 is 0 Å². The van der Waals surface area contributed by atoms with E-state index in [-0.39, 0.29) is 12.7 Å². The number of rotatable bonds is 7. The molecule has 3 heteroatoms. The van der Waals surface area contributed by atoms with Crippen molar-refractivity contribution in [3.8, 4) is 0 Å². The normalized spacial score (nSPS) is 16.6. The molecule has 2 N–H and O–H groups in total. The minimum Gasteiger partial charge on any atom is -0.394 e. The number of benzene rings is 1. The molecule has 0 saturated carbocycles. The Hall–Kier alpha value is -0.900. The lowest BCUT2D eigenvalue weighted by Gasteiger charge is -2.33. The molecule has 2 unspecified atom stereocenters. The van der Waals surface area contributed by atoms with Crippen LogP contribution in [0.1, 0.15) is 26.3 Å². The molecule has 0 heterocycles. The third-order valence-electron chi connectivity index (χ3n) is 3.61. The molecule has 0 aliphatic carbocycles. The molecule has 18 heavy (non-hydrogen) atoms. The van der Waals surface area contributed by atoms with Crippen LogP contribution in [0.15, 0.2) is 30.3 Å². The van der Waals surface area contributed by atoms with E-state index < -0.39 is 5.54 Å². The Morgan fingerprint density at radius 3 is 2.28 bits per heavy atom. The predicted octanol–water partition coefficient (Wildman–Crippen LogP) is 2.15. The largest absolute Gasteiger partial charge is 0.394 e. The molecule has 1 aromatic rings. The molecule has 0 fully saturated rings. The maximum atomic E-state index is 9.74.